The van der Waals surface area contributed by atoms with E-state index in [-0.39, 0.29) is 6.42 Å². The van der Waals surface area contributed by atoms with Crippen LogP contribution in [0, 0.1) is 17.1 Å². The van der Waals surface area contributed by atoms with Gasteiger partial charge in [-0.15, -0.1) is 0 Å². The van der Waals surface area contributed by atoms with Crippen molar-refractivity contribution >= 4 is 25.7 Å². The zero-order valence-electron chi connectivity index (χ0n) is 10.4. The summed E-state index contributed by atoms with van der Waals surface area (Å²) >= 11 is 0. The predicted molar refractivity (Wildman–Crippen MR) is 70.0 cm³/mol. The number of anilines is 1. The Morgan fingerprint density at radius 3 is 2.45 bits per heavy atom. The topological polar surface area (TPSA) is 130 Å². The summed E-state index contributed by atoms with van der Waals surface area (Å²) in [5.41, 5.74) is -0.578. The second-order valence-corrected chi connectivity index (χ2v) is 7.28. The summed E-state index contributed by atoms with van der Waals surface area (Å²) in [6, 6.07) is 3.99. The zero-order valence-corrected chi connectivity index (χ0v) is 12.0. The molecular weight excluding hydrogens is 309 g/mol. The fraction of sp³-hybridized carbons (Fsp3) is 0.300. The van der Waals surface area contributed by atoms with Crippen molar-refractivity contribution in [3.8, 4) is 6.07 Å². The lowest BCUT2D eigenvalue weighted by Gasteiger charge is -2.12. The molecule has 110 valence electrons. The van der Waals surface area contributed by atoms with Gasteiger partial charge < -0.3 is 0 Å². The van der Waals surface area contributed by atoms with Gasteiger partial charge in [-0.2, -0.15) is 5.26 Å². The van der Waals surface area contributed by atoms with E-state index in [1.807, 2.05) is 4.72 Å². The summed E-state index contributed by atoms with van der Waals surface area (Å²) in [7, 11) is -8.24. The summed E-state index contributed by atoms with van der Waals surface area (Å²) in [5.74, 6) is -0.978. The number of primary sulfonamides is 1. The number of hydrogen-bond acceptors (Lipinski definition) is 5. The van der Waals surface area contributed by atoms with Crippen molar-refractivity contribution in [3.05, 3.63) is 24.0 Å². The molecule has 0 fully saturated rings. The van der Waals surface area contributed by atoms with Crippen LogP contribution in [0.2, 0.25) is 0 Å². The maximum atomic E-state index is 13.5. The van der Waals surface area contributed by atoms with Gasteiger partial charge in [-0.05, 0) is 24.6 Å². The summed E-state index contributed by atoms with van der Waals surface area (Å²) in [5, 5.41) is 12.2. The van der Waals surface area contributed by atoms with Crippen LogP contribution >= 0.6 is 0 Å². The van der Waals surface area contributed by atoms with Crippen LogP contribution in [0.15, 0.2) is 23.1 Å². The van der Waals surface area contributed by atoms with E-state index in [0.717, 1.165) is 18.2 Å². The number of halogens is 1. The maximum Gasteiger partial charge on any atom is 0.249 e. The average Bonchev–Trinajstić information content (AvgIpc) is 2.31. The third kappa shape index (κ3) is 3.66. The van der Waals surface area contributed by atoms with Crippen LogP contribution in [-0.2, 0) is 20.0 Å². The second-order valence-electron chi connectivity index (χ2n) is 3.86. The van der Waals surface area contributed by atoms with Crippen LogP contribution in [0.3, 0.4) is 0 Å². The van der Waals surface area contributed by atoms with E-state index in [0.29, 0.717) is 0 Å². The SMILES string of the molecule is CCC(C#N)S(=O)(=O)Nc1cc(S(N)(=O)=O)ccc1F. The van der Waals surface area contributed by atoms with E-state index in [1.54, 1.807) is 6.07 Å². The van der Waals surface area contributed by atoms with Crippen LogP contribution in [0.5, 0.6) is 0 Å². The molecule has 7 nitrogen and oxygen atoms in total. The maximum absolute atomic E-state index is 13.5. The number of sulfonamides is 2. The second kappa shape index (κ2) is 5.74. The van der Waals surface area contributed by atoms with Crippen molar-refractivity contribution in [2.75, 3.05) is 4.72 Å². The Bertz CT molecular complexity index is 753. The molecule has 1 rings (SSSR count). The van der Waals surface area contributed by atoms with Gasteiger partial charge in [0.25, 0.3) is 0 Å². The highest BCUT2D eigenvalue weighted by Crippen LogP contribution is 2.21. The van der Waals surface area contributed by atoms with Gasteiger partial charge in [0.2, 0.25) is 20.0 Å². The zero-order chi connectivity index (χ0) is 15.6. The number of hydrogen-bond donors (Lipinski definition) is 2. The lowest BCUT2D eigenvalue weighted by molar-refractivity contribution is 0.588. The highest BCUT2D eigenvalue weighted by atomic mass is 32.2. The molecule has 10 heteroatoms. The van der Waals surface area contributed by atoms with Crippen LogP contribution in [-0.4, -0.2) is 22.1 Å². The number of benzene rings is 1. The smallest absolute Gasteiger partial charge is 0.249 e. The number of nitrogens with one attached hydrogen (secondary N) is 1. The van der Waals surface area contributed by atoms with Crippen LogP contribution in [0.1, 0.15) is 13.3 Å². The number of nitriles is 1. The molecule has 0 saturated heterocycles. The molecule has 0 bridgehead atoms. The summed E-state index contributed by atoms with van der Waals surface area (Å²) in [6.07, 6.45) is 0.00231. The molecule has 1 aromatic rings. The Kier molecular flexibility index (Phi) is 4.69. The first-order chi connectivity index (χ1) is 9.11. The van der Waals surface area contributed by atoms with Crippen LogP contribution in [0.4, 0.5) is 10.1 Å². The van der Waals surface area contributed by atoms with Gasteiger partial charge in [0.1, 0.15) is 5.82 Å². The summed E-state index contributed by atoms with van der Waals surface area (Å²) in [4.78, 5) is -0.443. The molecular formula is C10H12FN3O4S2. The predicted octanol–water partition coefficient (Wildman–Crippen LogP) is 0.517. The average molecular weight is 321 g/mol. The van der Waals surface area contributed by atoms with Crippen molar-refractivity contribution in [2.24, 2.45) is 5.14 Å². The van der Waals surface area contributed by atoms with Gasteiger partial charge in [-0.1, -0.05) is 6.92 Å². The normalized spacial score (nSPS) is 13.5. The van der Waals surface area contributed by atoms with Crippen molar-refractivity contribution in [2.45, 2.75) is 23.5 Å². The molecule has 0 saturated carbocycles. The minimum absolute atomic E-state index is 0.00231. The highest BCUT2D eigenvalue weighted by molar-refractivity contribution is 7.93. The third-order valence-electron chi connectivity index (χ3n) is 2.41. The van der Waals surface area contributed by atoms with Crippen molar-refractivity contribution < 1.29 is 21.2 Å². The molecule has 0 aliphatic heterocycles. The van der Waals surface area contributed by atoms with E-state index in [4.69, 9.17) is 10.4 Å². The molecule has 0 heterocycles. The lowest BCUT2D eigenvalue weighted by atomic mass is 10.3. The van der Waals surface area contributed by atoms with E-state index in [1.165, 1.54) is 6.92 Å². The fourth-order valence-corrected chi connectivity index (χ4v) is 3.09. The Morgan fingerprint density at radius 1 is 1.40 bits per heavy atom. The van der Waals surface area contributed by atoms with E-state index in [9.17, 15) is 21.2 Å². The number of rotatable bonds is 5. The van der Waals surface area contributed by atoms with Gasteiger partial charge in [-0.3, -0.25) is 4.72 Å². The number of nitrogens with two attached hydrogens (primary N) is 1. The van der Waals surface area contributed by atoms with Crippen LogP contribution in [0.25, 0.3) is 0 Å². The van der Waals surface area contributed by atoms with Gasteiger partial charge in [0, 0.05) is 0 Å². The standard InChI is InChI=1S/C10H12FN3O4S2/c1-2-7(6-12)20(17,18)14-10-5-8(19(13,15)16)3-4-9(10)11/h3-5,7,14H,2H2,1H3,(H2,13,15,16). The Hall–Kier alpha value is -1.70. The van der Waals surface area contributed by atoms with Gasteiger partial charge >= 0.3 is 0 Å². The van der Waals surface area contributed by atoms with Gasteiger partial charge in [-0.25, -0.2) is 26.4 Å². The van der Waals surface area contributed by atoms with Crippen molar-refractivity contribution in [1.29, 1.82) is 5.26 Å². The first-order valence-corrected chi connectivity index (χ1v) is 8.44. The fourth-order valence-electron chi connectivity index (χ4n) is 1.36. The first kappa shape index (κ1) is 16.4. The quantitative estimate of drug-likeness (QED) is 0.816. The number of nitrogens with zero attached hydrogens (tertiary/aromatic N) is 1. The Labute approximate surface area is 116 Å². The largest absolute Gasteiger partial charge is 0.279 e. The summed E-state index contributed by atoms with van der Waals surface area (Å²) in [6.45, 7) is 1.48. The molecule has 1 aromatic carbocycles. The molecule has 3 N–H and O–H groups in total. The van der Waals surface area contributed by atoms with E-state index < -0.39 is 41.7 Å². The van der Waals surface area contributed by atoms with Crippen molar-refractivity contribution in [3.63, 3.8) is 0 Å². The molecule has 1 atom stereocenters. The minimum atomic E-state index is -4.15. The first-order valence-electron chi connectivity index (χ1n) is 5.35. The third-order valence-corrected chi connectivity index (χ3v) is 5.01. The monoisotopic (exact) mass is 321 g/mol. The molecule has 0 spiro atoms. The Balaban J connectivity index is 3.26. The molecule has 0 aliphatic rings. The molecule has 1 unspecified atom stereocenters. The van der Waals surface area contributed by atoms with E-state index in [2.05, 4.69) is 0 Å². The minimum Gasteiger partial charge on any atom is -0.279 e. The lowest BCUT2D eigenvalue weighted by Crippen LogP contribution is -2.26. The molecule has 0 aliphatic carbocycles. The Morgan fingerprint density at radius 2 is 2.00 bits per heavy atom. The molecule has 0 aromatic heterocycles. The van der Waals surface area contributed by atoms with Crippen molar-refractivity contribution in [1.82, 2.24) is 0 Å². The molecule has 0 amide bonds. The van der Waals surface area contributed by atoms with E-state index >= 15 is 0 Å². The van der Waals surface area contributed by atoms with Gasteiger partial charge in [0.05, 0.1) is 16.7 Å². The molecule has 0 radical (unpaired) electrons. The van der Waals surface area contributed by atoms with Gasteiger partial charge in [0.15, 0.2) is 5.25 Å². The highest BCUT2D eigenvalue weighted by Gasteiger charge is 2.25. The van der Waals surface area contributed by atoms with Crippen LogP contribution < -0.4 is 9.86 Å². The molecule has 20 heavy (non-hydrogen) atoms. The summed E-state index contributed by atoms with van der Waals surface area (Å²) < 4.78 is 61.2.